The van der Waals surface area contributed by atoms with Crippen LogP contribution in [0.1, 0.15) is 42.9 Å². The summed E-state index contributed by atoms with van der Waals surface area (Å²) < 4.78 is 8.38. The number of fused-ring (bicyclic) bond motifs is 1. The number of hydrogen-bond donors (Lipinski definition) is 0. The third kappa shape index (κ3) is 4.55. The predicted octanol–water partition coefficient (Wildman–Crippen LogP) is 3.62. The Labute approximate surface area is 181 Å². The second kappa shape index (κ2) is 9.24. The normalized spacial score (nSPS) is 15.2. The minimum absolute atomic E-state index is 0.0996. The van der Waals surface area contributed by atoms with Gasteiger partial charge in [0.25, 0.3) is 5.91 Å². The minimum atomic E-state index is -0.0996. The molecule has 0 N–H and O–H groups in total. The van der Waals surface area contributed by atoms with Crippen LogP contribution < -0.4 is 4.90 Å². The van der Waals surface area contributed by atoms with Gasteiger partial charge in [0.2, 0.25) is 0 Å². The van der Waals surface area contributed by atoms with Crippen LogP contribution in [-0.2, 0) is 11.2 Å². The maximum Gasteiger partial charge on any atom is 0.280 e. The highest BCUT2D eigenvalue weighted by Gasteiger charge is 2.24. The van der Waals surface area contributed by atoms with Crippen molar-refractivity contribution in [2.75, 3.05) is 44.3 Å². The molecule has 8 heteroatoms. The number of nitrogens with zero attached hydrogens (tertiary/aromatic N) is 5. The summed E-state index contributed by atoms with van der Waals surface area (Å²) in [6, 6.07) is 8.34. The van der Waals surface area contributed by atoms with Crippen LogP contribution in [0.15, 0.2) is 30.5 Å². The van der Waals surface area contributed by atoms with E-state index >= 15 is 0 Å². The maximum absolute atomic E-state index is 13.4. The topological polar surface area (TPSA) is 63.5 Å². The zero-order valence-electron chi connectivity index (χ0n) is 17.9. The molecule has 0 aliphatic carbocycles. The average molecular weight is 428 g/mol. The molecule has 1 fully saturated rings. The van der Waals surface area contributed by atoms with Crippen molar-refractivity contribution in [3.63, 3.8) is 0 Å². The second-order valence-electron chi connectivity index (χ2n) is 7.84. The molecule has 4 rings (SSSR count). The summed E-state index contributed by atoms with van der Waals surface area (Å²) in [5, 5.41) is 5.23. The van der Waals surface area contributed by atoms with Gasteiger partial charge in [-0.15, -0.1) is 0 Å². The van der Waals surface area contributed by atoms with Gasteiger partial charge < -0.3 is 4.74 Å². The van der Waals surface area contributed by atoms with Gasteiger partial charge in [0, 0.05) is 38.4 Å². The predicted molar refractivity (Wildman–Crippen MR) is 121 cm³/mol. The Kier molecular flexibility index (Phi) is 6.46. The van der Waals surface area contributed by atoms with Crippen LogP contribution in [0.4, 0.5) is 5.13 Å². The Morgan fingerprint density at radius 2 is 2.07 bits per heavy atom. The number of anilines is 1. The van der Waals surface area contributed by atoms with E-state index < -0.39 is 0 Å². The molecular weight excluding hydrogens is 398 g/mol. The molecule has 0 spiro atoms. The number of morpholine rings is 1. The molecule has 0 radical (unpaired) electrons. The third-order valence-corrected chi connectivity index (χ3v) is 6.47. The van der Waals surface area contributed by atoms with E-state index in [-0.39, 0.29) is 11.9 Å². The van der Waals surface area contributed by atoms with Crippen LogP contribution in [0.2, 0.25) is 0 Å². The van der Waals surface area contributed by atoms with Crippen LogP contribution in [-0.4, -0.2) is 65.0 Å². The molecule has 1 saturated heterocycles. The average Bonchev–Trinajstić information content (AvgIpc) is 3.41. The summed E-state index contributed by atoms with van der Waals surface area (Å²) in [6.07, 6.45) is 2.85. The Morgan fingerprint density at radius 1 is 1.27 bits per heavy atom. The quantitative estimate of drug-likeness (QED) is 0.576. The monoisotopic (exact) mass is 427 g/mol. The molecular formula is C22H29N5O2S. The third-order valence-electron chi connectivity index (χ3n) is 5.43. The van der Waals surface area contributed by atoms with Gasteiger partial charge in [-0.05, 0) is 44.0 Å². The molecule has 2 aromatic heterocycles. The highest BCUT2D eigenvalue weighted by Crippen LogP contribution is 2.30. The number of amides is 1. The minimum Gasteiger partial charge on any atom is -0.379 e. The number of ether oxygens (including phenoxy) is 1. The van der Waals surface area contributed by atoms with Crippen LogP contribution in [0.25, 0.3) is 10.2 Å². The molecule has 1 aromatic carbocycles. The van der Waals surface area contributed by atoms with Crippen molar-refractivity contribution in [3.8, 4) is 0 Å². The molecule has 30 heavy (non-hydrogen) atoms. The number of thiazole rings is 1. The molecule has 7 nitrogen and oxygen atoms in total. The Hall–Kier alpha value is -2.29. The zero-order chi connectivity index (χ0) is 21.1. The highest BCUT2D eigenvalue weighted by molar-refractivity contribution is 7.22. The first-order valence-electron chi connectivity index (χ1n) is 10.6. The van der Waals surface area contributed by atoms with Crippen molar-refractivity contribution in [1.29, 1.82) is 0 Å². The fourth-order valence-electron chi connectivity index (χ4n) is 3.52. The van der Waals surface area contributed by atoms with Crippen LogP contribution in [0.3, 0.4) is 0 Å². The fourth-order valence-corrected chi connectivity index (χ4v) is 4.57. The first-order chi connectivity index (χ1) is 14.5. The summed E-state index contributed by atoms with van der Waals surface area (Å²) in [4.78, 5) is 22.3. The maximum atomic E-state index is 13.4. The van der Waals surface area contributed by atoms with E-state index in [0.29, 0.717) is 12.2 Å². The fraction of sp³-hybridized carbons (Fsp3) is 0.500. The first-order valence-corrected chi connectivity index (χ1v) is 11.4. The molecule has 1 aliphatic rings. The zero-order valence-corrected chi connectivity index (χ0v) is 18.7. The summed E-state index contributed by atoms with van der Waals surface area (Å²) in [5.74, 6) is -0.0996. The Bertz CT molecular complexity index is 1010. The Morgan fingerprint density at radius 3 is 2.77 bits per heavy atom. The lowest BCUT2D eigenvalue weighted by molar-refractivity contribution is 0.0391. The number of aryl methyl sites for hydroxylation is 1. The van der Waals surface area contributed by atoms with Gasteiger partial charge in [0.1, 0.15) is 0 Å². The largest absolute Gasteiger partial charge is 0.379 e. The number of carbonyl (C=O) groups excluding carboxylic acids is 1. The number of carbonyl (C=O) groups is 1. The molecule has 0 bridgehead atoms. The van der Waals surface area contributed by atoms with Crippen molar-refractivity contribution >= 4 is 32.6 Å². The molecule has 0 saturated carbocycles. The van der Waals surface area contributed by atoms with Crippen LogP contribution in [0.5, 0.6) is 0 Å². The summed E-state index contributed by atoms with van der Waals surface area (Å²) in [7, 11) is 0. The van der Waals surface area contributed by atoms with E-state index in [1.54, 1.807) is 22.3 Å². The lowest BCUT2D eigenvalue weighted by Crippen LogP contribution is -2.43. The Balaban J connectivity index is 1.62. The number of aromatic nitrogens is 3. The van der Waals surface area contributed by atoms with Crippen molar-refractivity contribution in [3.05, 3.63) is 41.7 Å². The SMILES string of the molecule is CCc1ccc2nc(N(CCN3CCOCC3)C(=O)c3ccn(C(C)C)n3)sc2c1. The van der Waals surface area contributed by atoms with E-state index in [9.17, 15) is 4.79 Å². The number of benzene rings is 1. The van der Waals surface area contributed by atoms with Crippen LogP contribution in [0, 0.1) is 0 Å². The van der Waals surface area contributed by atoms with Gasteiger partial charge in [-0.1, -0.05) is 24.3 Å². The summed E-state index contributed by atoms with van der Waals surface area (Å²) in [5.41, 5.74) is 2.67. The molecule has 1 aliphatic heterocycles. The van der Waals surface area contributed by atoms with E-state index in [1.807, 2.05) is 16.9 Å². The van der Waals surface area contributed by atoms with Crippen molar-refractivity contribution in [2.45, 2.75) is 33.2 Å². The smallest absolute Gasteiger partial charge is 0.280 e. The van der Waals surface area contributed by atoms with Crippen molar-refractivity contribution < 1.29 is 9.53 Å². The summed E-state index contributed by atoms with van der Waals surface area (Å²) in [6.45, 7) is 10.9. The molecule has 160 valence electrons. The highest BCUT2D eigenvalue weighted by atomic mass is 32.1. The van der Waals surface area contributed by atoms with Gasteiger partial charge in [-0.3, -0.25) is 19.3 Å². The van der Waals surface area contributed by atoms with E-state index in [1.165, 1.54) is 5.56 Å². The lowest BCUT2D eigenvalue weighted by atomic mass is 10.2. The van der Waals surface area contributed by atoms with E-state index in [2.05, 4.69) is 42.9 Å². The van der Waals surface area contributed by atoms with E-state index in [0.717, 1.165) is 54.6 Å². The van der Waals surface area contributed by atoms with Gasteiger partial charge >= 0.3 is 0 Å². The van der Waals surface area contributed by atoms with Crippen molar-refractivity contribution in [2.24, 2.45) is 0 Å². The lowest BCUT2D eigenvalue weighted by Gasteiger charge is -2.29. The molecule has 3 heterocycles. The van der Waals surface area contributed by atoms with Gasteiger partial charge in [0.15, 0.2) is 10.8 Å². The number of rotatable bonds is 7. The van der Waals surface area contributed by atoms with Crippen molar-refractivity contribution in [1.82, 2.24) is 19.7 Å². The second-order valence-corrected chi connectivity index (χ2v) is 8.85. The molecule has 0 unspecified atom stereocenters. The van der Waals surface area contributed by atoms with E-state index in [4.69, 9.17) is 9.72 Å². The summed E-state index contributed by atoms with van der Waals surface area (Å²) >= 11 is 1.57. The van der Waals surface area contributed by atoms with Gasteiger partial charge in [0.05, 0.1) is 23.4 Å². The standard InChI is InChI=1S/C22H29N5O2S/c1-4-17-5-6-18-20(15-17)30-22(23-18)26(10-9-25-11-13-29-14-12-25)21(28)19-7-8-27(24-19)16(2)3/h5-8,15-16H,4,9-14H2,1-3H3. The van der Waals surface area contributed by atoms with Gasteiger partial charge in [-0.2, -0.15) is 5.10 Å². The van der Waals surface area contributed by atoms with Gasteiger partial charge in [-0.25, -0.2) is 4.98 Å². The molecule has 3 aromatic rings. The number of hydrogen-bond acceptors (Lipinski definition) is 6. The first kappa shape index (κ1) is 21.0. The molecule has 0 atom stereocenters. The molecule has 1 amide bonds. The van der Waals surface area contributed by atoms with Crippen LogP contribution >= 0.6 is 11.3 Å².